The molecule has 0 radical (unpaired) electrons. The average Bonchev–Trinajstić information content (AvgIpc) is 2.39. The highest BCUT2D eigenvalue weighted by molar-refractivity contribution is 5.93. The zero-order chi connectivity index (χ0) is 15.1. The predicted molar refractivity (Wildman–Crippen MR) is 82.6 cm³/mol. The summed E-state index contributed by atoms with van der Waals surface area (Å²) < 4.78 is 0. The van der Waals surface area contributed by atoms with Crippen molar-refractivity contribution in [2.45, 2.75) is 33.2 Å². The fourth-order valence-corrected chi connectivity index (χ4v) is 1.96. The minimum absolute atomic E-state index is 0.0645. The van der Waals surface area contributed by atoms with E-state index in [1.807, 2.05) is 43.9 Å². The molecule has 20 heavy (non-hydrogen) atoms. The second-order valence-corrected chi connectivity index (χ2v) is 5.21. The van der Waals surface area contributed by atoms with Gasteiger partial charge in [0.2, 0.25) is 5.91 Å². The number of aliphatic hydroxyl groups is 1. The van der Waals surface area contributed by atoms with Crippen LogP contribution in [0.3, 0.4) is 0 Å². The van der Waals surface area contributed by atoms with Gasteiger partial charge >= 0.3 is 0 Å². The van der Waals surface area contributed by atoms with Crippen LogP contribution in [0.1, 0.15) is 25.8 Å². The molecule has 5 nitrogen and oxygen atoms in total. The number of nitrogens with two attached hydrogens (primary N) is 1. The Kier molecular flexibility index (Phi) is 6.48. The molecule has 0 spiro atoms. The number of carbonyl (C=O) groups excluding carboxylic acids is 1. The lowest BCUT2D eigenvalue weighted by molar-refractivity contribution is -0.117. The third-order valence-corrected chi connectivity index (χ3v) is 3.33. The van der Waals surface area contributed by atoms with E-state index >= 15 is 0 Å². The van der Waals surface area contributed by atoms with Crippen LogP contribution < -0.4 is 11.1 Å². The van der Waals surface area contributed by atoms with E-state index in [0.29, 0.717) is 25.2 Å². The molecular weight excluding hydrogens is 254 g/mol. The van der Waals surface area contributed by atoms with Crippen molar-refractivity contribution in [1.82, 2.24) is 4.90 Å². The Hall–Kier alpha value is -1.59. The summed E-state index contributed by atoms with van der Waals surface area (Å²) in [7, 11) is 0. The van der Waals surface area contributed by atoms with Gasteiger partial charge in [0.15, 0.2) is 0 Å². The molecule has 0 saturated carbocycles. The normalized spacial score (nSPS) is 11.1. The minimum Gasteiger partial charge on any atom is -0.398 e. The molecule has 0 saturated heterocycles. The van der Waals surface area contributed by atoms with Gasteiger partial charge in [-0.05, 0) is 44.9 Å². The predicted octanol–water partition coefficient (Wildman–Crippen LogP) is 1.61. The van der Waals surface area contributed by atoms with Gasteiger partial charge in [0.05, 0.1) is 6.54 Å². The molecule has 0 aromatic heterocycles. The van der Waals surface area contributed by atoms with Gasteiger partial charge in [-0.1, -0.05) is 6.07 Å². The second kappa shape index (κ2) is 7.87. The summed E-state index contributed by atoms with van der Waals surface area (Å²) in [4.78, 5) is 14.1. The van der Waals surface area contributed by atoms with Crippen LogP contribution in [0.2, 0.25) is 0 Å². The van der Waals surface area contributed by atoms with Gasteiger partial charge in [0.1, 0.15) is 0 Å². The van der Waals surface area contributed by atoms with Crippen molar-refractivity contribution in [2.75, 3.05) is 30.7 Å². The Morgan fingerprint density at radius 1 is 1.45 bits per heavy atom. The monoisotopic (exact) mass is 279 g/mol. The summed E-state index contributed by atoms with van der Waals surface area (Å²) in [6, 6.07) is 5.74. The van der Waals surface area contributed by atoms with Crippen LogP contribution in [0.25, 0.3) is 0 Å². The molecule has 0 heterocycles. The first-order valence-electron chi connectivity index (χ1n) is 6.95. The molecule has 0 bridgehead atoms. The third kappa shape index (κ3) is 4.83. The smallest absolute Gasteiger partial charge is 0.238 e. The molecule has 1 rings (SSSR count). The Balaban J connectivity index is 2.63. The molecular formula is C15H25N3O2. The number of aliphatic hydroxyl groups excluding tert-OH is 1. The lowest BCUT2D eigenvalue weighted by Crippen LogP contribution is -2.39. The number of rotatable bonds is 7. The number of amides is 1. The van der Waals surface area contributed by atoms with Crippen molar-refractivity contribution >= 4 is 17.3 Å². The molecule has 5 heteroatoms. The van der Waals surface area contributed by atoms with Gasteiger partial charge in [-0.25, -0.2) is 0 Å². The molecule has 0 fully saturated rings. The minimum atomic E-state index is -0.0645. The molecule has 1 aromatic carbocycles. The second-order valence-electron chi connectivity index (χ2n) is 5.21. The summed E-state index contributed by atoms with van der Waals surface area (Å²) in [6.07, 6.45) is 0.669. The van der Waals surface area contributed by atoms with Crippen LogP contribution in [0.4, 0.5) is 11.4 Å². The summed E-state index contributed by atoms with van der Waals surface area (Å²) in [6.45, 7) is 7.12. The first-order valence-corrected chi connectivity index (χ1v) is 6.95. The van der Waals surface area contributed by atoms with E-state index in [1.54, 1.807) is 0 Å². The summed E-state index contributed by atoms with van der Waals surface area (Å²) in [5.74, 6) is -0.0645. The maximum atomic E-state index is 12.1. The van der Waals surface area contributed by atoms with Crippen molar-refractivity contribution in [2.24, 2.45) is 0 Å². The average molecular weight is 279 g/mol. The van der Waals surface area contributed by atoms with E-state index in [1.165, 1.54) is 0 Å². The highest BCUT2D eigenvalue weighted by atomic mass is 16.3. The van der Waals surface area contributed by atoms with Crippen LogP contribution in [0, 0.1) is 6.92 Å². The Bertz CT molecular complexity index is 447. The molecule has 0 aliphatic heterocycles. The zero-order valence-electron chi connectivity index (χ0n) is 12.5. The molecule has 0 unspecified atom stereocenters. The SMILES string of the molecule is Cc1c(N)cccc1NC(=O)CN(CCCO)C(C)C. The number of nitrogens with one attached hydrogen (secondary N) is 1. The van der Waals surface area contributed by atoms with Gasteiger partial charge < -0.3 is 16.2 Å². The molecule has 4 N–H and O–H groups in total. The number of anilines is 2. The maximum absolute atomic E-state index is 12.1. The number of carbonyl (C=O) groups is 1. The topological polar surface area (TPSA) is 78.6 Å². The van der Waals surface area contributed by atoms with Gasteiger partial charge in [-0.3, -0.25) is 9.69 Å². The van der Waals surface area contributed by atoms with E-state index in [9.17, 15) is 4.79 Å². The van der Waals surface area contributed by atoms with Crippen molar-refractivity contribution < 1.29 is 9.90 Å². The van der Waals surface area contributed by atoms with E-state index in [2.05, 4.69) is 5.32 Å². The van der Waals surface area contributed by atoms with Gasteiger partial charge in [-0.15, -0.1) is 0 Å². The van der Waals surface area contributed by atoms with E-state index in [4.69, 9.17) is 10.8 Å². The summed E-state index contributed by atoms with van der Waals surface area (Å²) in [5.41, 5.74) is 8.12. The van der Waals surface area contributed by atoms with Crippen molar-refractivity contribution in [1.29, 1.82) is 0 Å². The Labute approximate surface area is 120 Å². The standard InChI is InChI=1S/C15H25N3O2/c1-11(2)18(8-5-9-19)10-15(20)17-14-7-4-6-13(16)12(14)3/h4,6-7,11,19H,5,8-10,16H2,1-3H3,(H,17,20). The van der Waals surface area contributed by atoms with Gasteiger partial charge in [0.25, 0.3) is 0 Å². The molecule has 0 aliphatic carbocycles. The highest BCUT2D eigenvalue weighted by Gasteiger charge is 2.14. The van der Waals surface area contributed by atoms with Crippen molar-refractivity contribution in [3.05, 3.63) is 23.8 Å². The molecule has 112 valence electrons. The quantitative estimate of drug-likeness (QED) is 0.663. The highest BCUT2D eigenvalue weighted by Crippen LogP contribution is 2.20. The lowest BCUT2D eigenvalue weighted by Gasteiger charge is -2.25. The molecule has 1 aromatic rings. The lowest BCUT2D eigenvalue weighted by atomic mass is 10.1. The number of hydrogen-bond acceptors (Lipinski definition) is 4. The Morgan fingerprint density at radius 2 is 2.15 bits per heavy atom. The first kappa shape index (κ1) is 16.5. The number of benzene rings is 1. The first-order chi connectivity index (χ1) is 9.45. The fourth-order valence-electron chi connectivity index (χ4n) is 1.96. The molecule has 1 amide bonds. The largest absolute Gasteiger partial charge is 0.398 e. The number of nitrogens with zero attached hydrogens (tertiary/aromatic N) is 1. The van der Waals surface area contributed by atoms with E-state index < -0.39 is 0 Å². The summed E-state index contributed by atoms with van der Waals surface area (Å²) in [5, 5.41) is 11.8. The fraction of sp³-hybridized carbons (Fsp3) is 0.533. The molecule has 0 atom stereocenters. The maximum Gasteiger partial charge on any atom is 0.238 e. The van der Waals surface area contributed by atoms with Crippen molar-refractivity contribution in [3.8, 4) is 0 Å². The van der Waals surface area contributed by atoms with E-state index in [-0.39, 0.29) is 18.6 Å². The van der Waals surface area contributed by atoms with Gasteiger partial charge in [0, 0.05) is 30.6 Å². The summed E-state index contributed by atoms with van der Waals surface area (Å²) >= 11 is 0. The molecule has 0 aliphatic rings. The van der Waals surface area contributed by atoms with Crippen LogP contribution in [-0.2, 0) is 4.79 Å². The van der Waals surface area contributed by atoms with Crippen LogP contribution in [0.15, 0.2) is 18.2 Å². The van der Waals surface area contributed by atoms with Crippen LogP contribution in [-0.4, -0.2) is 41.7 Å². The van der Waals surface area contributed by atoms with Crippen LogP contribution >= 0.6 is 0 Å². The number of nitrogen functional groups attached to an aromatic ring is 1. The Morgan fingerprint density at radius 3 is 2.75 bits per heavy atom. The van der Waals surface area contributed by atoms with E-state index in [0.717, 1.165) is 11.3 Å². The zero-order valence-corrected chi connectivity index (χ0v) is 12.5. The van der Waals surface area contributed by atoms with Gasteiger partial charge in [-0.2, -0.15) is 0 Å². The van der Waals surface area contributed by atoms with Crippen LogP contribution in [0.5, 0.6) is 0 Å². The third-order valence-electron chi connectivity index (χ3n) is 3.33. The van der Waals surface area contributed by atoms with Crippen molar-refractivity contribution in [3.63, 3.8) is 0 Å². The number of hydrogen-bond donors (Lipinski definition) is 3.